The van der Waals surface area contributed by atoms with Gasteiger partial charge >= 0.3 is 0 Å². The Balaban J connectivity index is 2.13. The molecule has 0 spiro atoms. The van der Waals surface area contributed by atoms with E-state index in [9.17, 15) is 5.11 Å². The SMILES string of the molecule is COc1cc([C@@H](C)N)ccc1OCc1cccc(O)c1. The maximum absolute atomic E-state index is 9.41. The second-order valence-corrected chi connectivity index (χ2v) is 4.66. The van der Waals surface area contributed by atoms with E-state index in [1.807, 2.05) is 31.2 Å². The van der Waals surface area contributed by atoms with E-state index in [2.05, 4.69) is 0 Å². The Morgan fingerprint density at radius 1 is 1.15 bits per heavy atom. The van der Waals surface area contributed by atoms with Crippen LogP contribution in [-0.2, 0) is 6.61 Å². The number of phenolic OH excluding ortho intramolecular Hbond substituents is 1. The van der Waals surface area contributed by atoms with E-state index in [4.69, 9.17) is 15.2 Å². The van der Waals surface area contributed by atoms with E-state index >= 15 is 0 Å². The van der Waals surface area contributed by atoms with Crippen LogP contribution < -0.4 is 15.2 Å². The van der Waals surface area contributed by atoms with Crippen LogP contribution in [0.2, 0.25) is 0 Å². The first kappa shape index (κ1) is 14.2. The van der Waals surface area contributed by atoms with E-state index in [1.54, 1.807) is 25.3 Å². The van der Waals surface area contributed by atoms with Gasteiger partial charge in [0, 0.05) is 6.04 Å². The molecule has 0 aliphatic carbocycles. The first-order chi connectivity index (χ1) is 9.60. The number of benzene rings is 2. The van der Waals surface area contributed by atoms with Crippen LogP contribution in [0.4, 0.5) is 0 Å². The van der Waals surface area contributed by atoms with Gasteiger partial charge in [0.25, 0.3) is 0 Å². The van der Waals surface area contributed by atoms with E-state index in [0.717, 1.165) is 11.1 Å². The van der Waals surface area contributed by atoms with Crippen molar-refractivity contribution in [3.63, 3.8) is 0 Å². The van der Waals surface area contributed by atoms with Crippen molar-refractivity contribution in [3.05, 3.63) is 53.6 Å². The fourth-order valence-electron chi connectivity index (χ4n) is 1.89. The fourth-order valence-corrected chi connectivity index (χ4v) is 1.89. The van der Waals surface area contributed by atoms with E-state index < -0.39 is 0 Å². The Kier molecular flexibility index (Phi) is 4.48. The van der Waals surface area contributed by atoms with Crippen LogP contribution in [0, 0.1) is 0 Å². The summed E-state index contributed by atoms with van der Waals surface area (Å²) in [6, 6.07) is 12.6. The van der Waals surface area contributed by atoms with Crippen LogP contribution in [0.1, 0.15) is 24.1 Å². The maximum atomic E-state index is 9.41. The minimum absolute atomic E-state index is 0.0518. The summed E-state index contributed by atoms with van der Waals surface area (Å²) >= 11 is 0. The second-order valence-electron chi connectivity index (χ2n) is 4.66. The quantitative estimate of drug-likeness (QED) is 0.879. The fraction of sp³-hybridized carbons (Fsp3) is 0.250. The topological polar surface area (TPSA) is 64.7 Å². The number of phenols is 1. The number of nitrogens with two attached hydrogens (primary N) is 1. The zero-order chi connectivity index (χ0) is 14.5. The molecule has 0 aromatic heterocycles. The third-order valence-electron chi connectivity index (χ3n) is 3.02. The molecule has 2 aromatic carbocycles. The number of hydrogen-bond acceptors (Lipinski definition) is 4. The first-order valence-electron chi connectivity index (χ1n) is 6.44. The Labute approximate surface area is 118 Å². The molecule has 0 heterocycles. The molecule has 0 fully saturated rings. The zero-order valence-corrected chi connectivity index (χ0v) is 11.7. The zero-order valence-electron chi connectivity index (χ0n) is 11.7. The monoisotopic (exact) mass is 273 g/mol. The number of hydrogen-bond donors (Lipinski definition) is 2. The average molecular weight is 273 g/mol. The Morgan fingerprint density at radius 3 is 2.60 bits per heavy atom. The highest BCUT2D eigenvalue weighted by Gasteiger charge is 2.08. The molecular formula is C16H19NO3. The van der Waals surface area contributed by atoms with Gasteiger partial charge in [-0.15, -0.1) is 0 Å². The van der Waals surface area contributed by atoms with E-state index in [0.29, 0.717) is 18.1 Å². The van der Waals surface area contributed by atoms with Crippen molar-refractivity contribution in [2.45, 2.75) is 19.6 Å². The van der Waals surface area contributed by atoms with Gasteiger partial charge in [0.1, 0.15) is 12.4 Å². The molecule has 0 amide bonds. The van der Waals surface area contributed by atoms with Gasteiger partial charge in [-0.05, 0) is 42.3 Å². The van der Waals surface area contributed by atoms with Gasteiger partial charge in [0.15, 0.2) is 11.5 Å². The summed E-state index contributed by atoms with van der Waals surface area (Å²) in [7, 11) is 1.60. The highest BCUT2D eigenvalue weighted by molar-refractivity contribution is 5.44. The summed E-state index contributed by atoms with van der Waals surface area (Å²) in [6.07, 6.45) is 0. The minimum atomic E-state index is -0.0518. The highest BCUT2D eigenvalue weighted by atomic mass is 16.5. The average Bonchev–Trinajstić information content (AvgIpc) is 2.45. The van der Waals surface area contributed by atoms with Crippen molar-refractivity contribution in [2.75, 3.05) is 7.11 Å². The van der Waals surface area contributed by atoms with Crippen molar-refractivity contribution in [2.24, 2.45) is 5.73 Å². The lowest BCUT2D eigenvalue weighted by Gasteiger charge is -2.13. The Morgan fingerprint density at radius 2 is 1.95 bits per heavy atom. The van der Waals surface area contributed by atoms with Crippen LogP contribution in [0.15, 0.2) is 42.5 Å². The molecule has 0 aliphatic heterocycles. The molecule has 0 saturated carbocycles. The van der Waals surface area contributed by atoms with Gasteiger partial charge in [-0.1, -0.05) is 18.2 Å². The predicted octanol–water partition coefficient (Wildman–Crippen LogP) is 3.00. The first-order valence-corrected chi connectivity index (χ1v) is 6.44. The lowest BCUT2D eigenvalue weighted by Crippen LogP contribution is -2.05. The second kappa shape index (κ2) is 6.30. The van der Waals surface area contributed by atoms with Crippen molar-refractivity contribution >= 4 is 0 Å². The number of rotatable bonds is 5. The van der Waals surface area contributed by atoms with Crippen LogP contribution in [0.3, 0.4) is 0 Å². The molecule has 0 radical (unpaired) electrons. The molecule has 4 heteroatoms. The predicted molar refractivity (Wildman–Crippen MR) is 78.0 cm³/mol. The standard InChI is InChI=1S/C16H19NO3/c1-11(17)13-6-7-15(16(9-13)19-2)20-10-12-4-3-5-14(18)8-12/h3-9,11,18H,10,17H2,1-2H3/t11-/m1/s1. The summed E-state index contributed by atoms with van der Waals surface area (Å²) in [5.74, 6) is 1.53. The lowest BCUT2D eigenvalue weighted by molar-refractivity contribution is 0.283. The smallest absolute Gasteiger partial charge is 0.161 e. The third kappa shape index (κ3) is 3.42. The molecule has 106 valence electrons. The van der Waals surface area contributed by atoms with E-state index in [1.165, 1.54) is 0 Å². The molecule has 20 heavy (non-hydrogen) atoms. The van der Waals surface area contributed by atoms with Crippen LogP contribution in [0.5, 0.6) is 17.2 Å². The molecule has 0 aliphatic rings. The number of aromatic hydroxyl groups is 1. The van der Waals surface area contributed by atoms with Crippen LogP contribution in [-0.4, -0.2) is 12.2 Å². The number of ether oxygens (including phenoxy) is 2. The summed E-state index contributed by atoms with van der Waals surface area (Å²) in [6.45, 7) is 2.28. The molecule has 2 rings (SSSR count). The largest absolute Gasteiger partial charge is 0.508 e. The van der Waals surface area contributed by atoms with Gasteiger partial charge in [-0.3, -0.25) is 0 Å². The minimum Gasteiger partial charge on any atom is -0.508 e. The van der Waals surface area contributed by atoms with Crippen molar-refractivity contribution < 1.29 is 14.6 Å². The maximum Gasteiger partial charge on any atom is 0.161 e. The van der Waals surface area contributed by atoms with Gasteiger partial charge in [-0.25, -0.2) is 0 Å². The molecule has 4 nitrogen and oxygen atoms in total. The highest BCUT2D eigenvalue weighted by Crippen LogP contribution is 2.30. The lowest BCUT2D eigenvalue weighted by atomic mass is 10.1. The van der Waals surface area contributed by atoms with Crippen LogP contribution in [0.25, 0.3) is 0 Å². The molecule has 0 saturated heterocycles. The molecule has 1 atom stereocenters. The van der Waals surface area contributed by atoms with E-state index in [-0.39, 0.29) is 11.8 Å². The van der Waals surface area contributed by atoms with Crippen molar-refractivity contribution in [1.29, 1.82) is 0 Å². The van der Waals surface area contributed by atoms with Gasteiger partial charge in [0.2, 0.25) is 0 Å². The summed E-state index contributed by atoms with van der Waals surface area (Å²) in [5.41, 5.74) is 7.73. The van der Waals surface area contributed by atoms with Gasteiger partial charge in [0.05, 0.1) is 7.11 Å². The number of methoxy groups -OCH3 is 1. The van der Waals surface area contributed by atoms with Gasteiger partial charge in [-0.2, -0.15) is 0 Å². The van der Waals surface area contributed by atoms with Crippen molar-refractivity contribution in [3.8, 4) is 17.2 Å². The summed E-state index contributed by atoms with van der Waals surface area (Å²) in [5, 5.41) is 9.41. The Hall–Kier alpha value is -2.20. The molecule has 0 unspecified atom stereocenters. The van der Waals surface area contributed by atoms with Crippen LogP contribution >= 0.6 is 0 Å². The summed E-state index contributed by atoms with van der Waals surface area (Å²) in [4.78, 5) is 0. The van der Waals surface area contributed by atoms with Gasteiger partial charge < -0.3 is 20.3 Å². The van der Waals surface area contributed by atoms with Crippen molar-refractivity contribution in [1.82, 2.24) is 0 Å². The molecule has 3 N–H and O–H groups in total. The summed E-state index contributed by atoms with van der Waals surface area (Å²) < 4.78 is 11.0. The molecule has 2 aromatic rings. The third-order valence-corrected chi connectivity index (χ3v) is 3.02. The Bertz CT molecular complexity index is 582. The molecule has 0 bridgehead atoms. The molecular weight excluding hydrogens is 254 g/mol. The normalized spacial score (nSPS) is 11.9.